The maximum absolute atomic E-state index is 7.41. The summed E-state index contributed by atoms with van der Waals surface area (Å²) in [6.07, 6.45) is 9.10. The average molecular weight is 1020 g/mol. The van der Waals surface area contributed by atoms with E-state index in [1.165, 1.54) is 0 Å². The maximum atomic E-state index is 7.41. The molecule has 0 saturated carbocycles. The number of furan rings is 2. The van der Waals surface area contributed by atoms with Gasteiger partial charge in [-0.15, -0.1) is 0 Å². The number of rotatable bonds is 12. The predicted octanol–water partition coefficient (Wildman–Crippen LogP) is 19.7. The van der Waals surface area contributed by atoms with Gasteiger partial charge in [-0.3, -0.25) is 0 Å². The molecular weight excluding hydrogens is 969 g/mol. The van der Waals surface area contributed by atoms with Gasteiger partial charge in [0, 0.05) is 103 Å². The van der Waals surface area contributed by atoms with Crippen LogP contribution in [0.2, 0.25) is 0 Å². The van der Waals surface area contributed by atoms with Gasteiger partial charge in [-0.2, -0.15) is 0 Å². The Labute approximate surface area is 458 Å². The third kappa shape index (κ3) is 8.14. The van der Waals surface area contributed by atoms with Crippen LogP contribution in [-0.4, -0.2) is 6.10 Å². The standard InChI is InChI=1S/C72H52N4O3/c1-7-21-49(22-8-1)73(50-23-9-2-10-24-50)55-37-41-67-61(45-55)63-47-57(39-43-69(63)77-67)75(53-29-15-5-16-30-53)65-35-19-33-59-60-34-20-36-66(72(60)79-71(59)65)76(54-31-17-6-18-32-54)58-40-44-70-64(48-58)62-46-56(38-42-68(62)78-70)74(51-25-11-3-12-26-51)52-27-13-4-14-28-52/h1-39,41-42,45-48,69H,40,43-44H2. The Hall–Kier alpha value is -10.2. The Morgan fingerprint density at radius 2 is 0.848 bits per heavy atom. The van der Waals surface area contributed by atoms with E-state index in [0.29, 0.717) is 6.42 Å². The second-order valence-corrected chi connectivity index (χ2v) is 20.3. The molecule has 0 fully saturated rings. The molecular formula is C72H52N4O3. The highest BCUT2D eigenvalue weighted by Crippen LogP contribution is 2.50. The number of nitrogens with zero attached hydrogens (tertiary/aromatic N) is 4. The fourth-order valence-corrected chi connectivity index (χ4v) is 12.0. The zero-order valence-electron chi connectivity index (χ0n) is 43.2. The molecule has 10 aromatic carbocycles. The third-order valence-electron chi connectivity index (χ3n) is 15.6. The van der Waals surface area contributed by atoms with Crippen molar-refractivity contribution in [2.45, 2.75) is 25.4 Å². The summed E-state index contributed by atoms with van der Waals surface area (Å²) >= 11 is 0. The van der Waals surface area contributed by atoms with Crippen LogP contribution in [0.15, 0.2) is 287 Å². The minimum Gasteiger partial charge on any atom is -0.485 e. The van der Waals surface area contributed by atoms with Gasteiger partial charge < -0.3 is 33.2 Å². The molecule has 0 radical (unpaired) electrons. The number of aryl methyl sites for hydroxylation is 1. The Bertz CT molecular complexity index is 4240. The van der Waals surface area contributed by atoms with E-state index in [2.05, 4.69) is 293 Å². The van der Waals surface area contributed by atoms with Gasteiger partial charge in [0.2, 0.25) is 0 Å². The normalized spacial score (nSPS) is 14.4. The summed E-state index contributed by atoms with van der Waals surface area (Å²) < 4.78 is 20.8. The third-order valence-corrected chi connectivity index (χ3v) is 15.6. The number of fused-ring (bicyclic) bond motifs is 9. The molecule has 1 unspecified atom stereocenters. The van der Waals surface area contributed by atoms with Crippen LogP contribution in [0.4, 0.5) is 56.9 Å². The van der Waals surface area contributed by atoms with Gasteiger partial charge in [-0.1, -0.05) is 140 Å². The highest BCUT2D eigenvalue weighted by Gasteiger charge is 2.34. The van der Waals surface area contributed by atoms with E-state index in [4.69, 9.17) is 13.6 Å². The summed E-state index contributed by atoms with van der Waals surface area (Å²) in [7, 11) is 0. The second-order valence-electron chi connectivity index (χ2n) is 20.3. The Balaban J connectivity index is 0.842. The van der Waals surface area contributed by atoms with Gasteiger partial charge in [-0.05, 0) is 140 Å². The first-order chi connectivity index (χ1) is 39.2. The summed E-state index contributed by atoms with van der Waals surface area (Å²) in [5.41, 5.74) is 18.6. The largest absolute Gasteiger partial charge is 0.485 e. The molecule has 3 heterocycles. The van der Waals surface area contributed by atoms with E-state index in [-0.39, 0.29) is 6.10 Å². The molecule has 3 aliphatic rings. The number of benzene rings is 10. The Morgan fingerprint density at radius 1 is 0.367 bits per heavy atom. The number of para-hydroxylation sites is 8. The van der Waals surface area contributed by atoms with Crippen LogP contribution in [0.5, 0.6) is 5.75 Å². The first-order valence-electron chi connectivity index (χ1n) is 27.1. The molecule has 0 amide bonds. The summed E-state index contributed by atoms with van der Waals surface area (Å²) in [5.74, 6) is 1.89. The van der Waals surface area contributed by atoms with Crippen molar-refractivity contribution in [3.63, 3.8) is 0 Å². The van der Waals surface area contributed by atoms with Gasteiger partial charge >= 0.3 is 0 Å². The SMILES string of the molecule is C1=C2c3cc(N(c4ccccc4)c4ccccc4)ccc3OC2CC=C1N(c1ccccc1)c1cccc2c1oc1c(N(C3=Cc4c(oc5ccc(N(c6ccccc6)c6ccccc6)cc45)CC3)c3ccccc3)cccc12. The van der Waals surface area contributed by atoms with Gasteiger partial charge in [0.1, 0.15) is 23.2 Å². The molecule has 1 aliphatic heterocycles. The highest BCUT2D eigenvalue weighted by molar-refractivity contribution is 6.14. The lowest BCUT2D eigenvalue weighted by atomic mass is 9.94. The molecule has 2 aliphatic carbocycles. The molecule has 0 N–H and O–H groups in total. The lowest BCUT2D eigenvalue weighted by molar-refractivity contribution is 0.278. The van der Waals surface area contributed by atoms with Gasteiger partial charge in [0.05, 0.1) is 11.4 Å². The fourth-order valence-electron chi connectivity index (χ4n) is 12.0. The lowest BCUT2D eigenvalue weighted by Crippen LogP contribution is -2.21. The van der Waals surface area contributed by atoms with Crippen molar-refractivity contribution in [2.75, 3.05) is 19.6 Å². The summed E-state index contributed by atoms with van der Waals surface area (Å²) in [4.78, 5) is 9.36. The molecule has 79 heavy (non-hydrogen) atoms. The van der Waals surface area contributed by atoms with E-state index in [1.54, 1.807) is 0 Å². The Kier molecular flexibility index (Phi) is 11.3. The first kappa shape index (κ1) is 46.1. The maximum Gasteiger partial charge on any atom is 0.159 e. The molecule has 0 bridgehead atoms. The molecule has 0 spiro atoms. The number of ether oxygens (including phenoxy) is 1. The van der Waals surface area contributed by atoms with Gasteiger partial charge in [0.15, 0.2) is 11.2 Å². The van der Waals surface area contributed by atoms with Crippen LogP contribution in [0.1, 0.15) is 29.7 Å². The number of hydrogen-bond acceptors (Lipinski definition) is 7. The summed E-state index contributed by atoms with van der Waals surface area (Å²) in [6.45, 7) is 0. The van der Waals surface area contributed by atoms with E-state index in [1.807, 2.05) is 0 Å². The van der Waals surface area contributed by atoms with Crippen molar-refractivity contribution in [1.29, 1.82) is 0 Å². The fraction of sp³-hybridized carbons (Fsp3) is 0.0556. The van der Waals surface area contributed by atoms with Crippen LogP contribution in [0.3, 0.4) is 0 Å². The first-order valence-corrected chi connectivity index (χ1v) is 27.1. The average Bonchev–Trinajstić information content (AvgIpc) is 4.39. The van der Waals surface area contributed by atoms with Crippen molar-refractivity contribution in [3.05, 3.63) is 295 Å². The van der Waals surface area contributed by atoms with E-state index < -0.39 is 0 Å². The second kappa shape index (κ2) is 19.4. The lowest BCUT2D eigenvalue weighted by Gasteiger charge is -2.30. The molecule has 2 aromatic heterocycles. The quantitative estimate of drug-likeness (QED) is 0.121. The van der Waals surface area contributed by atoms with Crippen molar-refractivity contribution in [2.24, 2.45) is 0 Å². The van der Waals surface area contributed by atoms with Gasteiger partial charge in [-0.25, -0.2) is 0 Å². The van der Waals surface area contributed by atoms with Crippen LogP contribution < -0.4 is 24.3 Å². The van der Waals surface area contributed by atoms with Crippen molar-refractivity contribution in [3.8, 4) is 5.75 Å². The summed E-state index contributed by atoms with van der Waals surface area (Å²) in [5, 5.41) is 3.17. The predicted molar refractivity (Wildman–Crippen MR) is 324 cm³/mol. The van der Waals surface area contributed by atoms with Crippen molar-refractivity contribution < 1.29 is 13.6 Å². The molecule has 1 atom stereocenters. The summed E-state index contributed by atoms with van der Waals surface area (Å²) in [6, 6.07) is 89.8. The molecule has 0 saturated heterocycles. The van der Waals surface area contributed by atoms with E-state index >= 15 is 0 Å². The van der Waals surface area contributed by atoms with Crippen molar-refractivity contribution >= 4 is 101 Å². The molecule has 378 valence electrons. The smallest absolute Gasteiger partial charge is 0.159 e. The zero-order valence-corrected chi connectivity index (χ0v) is 43.2. The van der Waals surface area contributed by atoms with E-state index in [9.17, 15) is 0 Å². The van der Waals surface area contributed by atoms with Crippen LogP contribution in [0, 0.1) is 0 Å². The van der Waals surface area contributed by atoms with Crippen LogP contribution in [0.25, 0.3) is 44.6 Å². The molecule has 12 aromatic rings. The minimum absolute atomic E-state index is 0.104. The minimum atomic E-state index is -0.104. The molecule has 15 rings (SSSR count). The monoisotopic (exact) mass is 1020 g/mol. The topological polar surface area (TPSA) is 48.5 Å². The highest BCUT2D eigenvalue weighted by atomic mass is 16.5. The zero-order chi connectivity index (χ0) is 52.2. The van der Waals surface area contributed by atoms with Crippen LogP contribution >= 0.6 is 0 Å². The number of hydrogen-bond donors (Lipinski definition) is 0. The number of anilines is 10. The van der Waals surface area contributed by atoms with E-state index in [0.717, 1.165) is 142 Å². The van der Waals surface area contributed by atoms with Crippen LogP contribution in [-0.2, 0) is 6.42 Å². The number of allylic oxidation sites excluding steroid dienone is 2. The van der Waals surface area contributed by atoms with Gasteiger partial charge in [0.25, 0.3) is 0 Å². The Morgan fingerprint density at radius 3 is 1.39 bits per heavy atom. The van der Waals surface area contributed by atoms with Crippen molar-refractivity contribution in [1.82, 2.24) is 0 Å². The molecule has 7 nitrogen and oxygen atoms in total. The molecule has 7 heteroatoms.